The highest BCUT2D eigenvalue weighted by atomic mass is 16.3. The van der Waals surface area contributed by atoms with Crippen molar-refractivity contribution < 1.29 is 9.90 Å². The average Bonchev–Trinajstić information content (AvgIpc) is 2.56. The van der Waals surface area contributed by atoms with Gasteiger partial charge in [0.25, 0.3) is 0 Å². The first-order valence-corrected chi connectivity index (χ1v) is 7.13. The fraction of sp³-hybridized carbons (Fsp3) is 0.929. The molecule has 5 rings (SSSR count). The minimum Gasteiger partial charge on any atom is -0.391 e. The number of hydrogen-bond donors (Lipinski definition) is 1. The number of nitrogens with zero attached hydrogens (tertiary/aromatic N) is 1. The predicted molar refractivity (Wildman–Crippen MR) is 63.2 cm³/mol. The Kier molecular flexibility index (Phi) is 1.98. The van der Waals surface area contributed by atoms with Gasteiger partial charge in [0.2, 0.25) is 5.91 Å². The molecule has 5 fully saturated rings. The average molecular weight is 235 g/mol. The van der Waals surface area contributed by atoms with Gasteiger partial charge in [0.1, 0.15) is 0 Å². The summed E-state index contributed by atoms with van der Waals surface area (Å²) >= 11 is 0. The molecule has 3 heteroatoms. The van der Waals surface area contributed by atoms with Crippen LogP contribution in [0.25, 0.3) is 0 Å². The van der Waals surface area contributed by atoms with Crippen molar-refractivity contribution in [1.82, 2.24) is 4.90 Å². The first-order valence-electron chi connectivity index (χ1n) is 7.13. The Morgan fingerprint density at radius 3 is 2.00 bits per heavy atom. The molecular formula is C14H21NO2. The smallest absolute Gasteiger partial charge is 0.225 e. The van der Waals surface area contributed by atoms with Gasteiger partial charge in [0.05, 0.1) is 12.5 Å². The Labute approximate surface area is 102 Å². The monoisotopic (exact) mass is 235 g/mol. The van der Waals surface area contributed by atoms with Gasteiger partial charge in [-0.05, 0) is 56.3 Å². The van der Waals surface area contributed by atoms with E-state index in [1.165, 1.54) is 38.5 Å². The first kappa shape index (κ1) is 10.4. The Morgan fingerprint density at radius 1 is 1.06 bits per heavy atom. The van der Waals surface area contributed by atoms with Crippen LogP contribution in [0.2, 0.25) is 0 Å². The second kappa shape index (κ2) is 3.25. The van der Waals surface area contributed by atoms with Gasteiger partial charge >= 0.3 is 0 Å². The lowest BCUT2D eigenvalue weighted by Gasteiger charge is -2.59. The van der Waals surface area contributed by atoms with Crippen LogP contribution in [0.4, 0.5) is 0 Å². The van der Waals surface area contributed by atoms with E-state index in [1.807, 2.05) is 0 Å². The van der Waals surface area contributed by atoms with Crippen LogP contribution >= 0.6 is 0 Å². The van der Waals surface area contributed by atoms with E-state index < -0.39 is 6.10 Å². The van der Waals surface area contributed by atoms with E-state index in [-0.39, 0.29) is 11.4 Å². The van der Waals surface area contributed by atoms with Crippen LogP contribution in [0.15, 0.2) is 0 Å². The zero-order chi connectivity index (χ0) is 11.6. The molecule has 3 nitrogen and oxygen atoms in total. The Hall–Kier alpha value is -0.570. The van der Waals surface area contributed by atoms with Crippen LogP contribution < -0.4 is 0 Å². The second-order valence-corrected chi connectivity index (χ2v) is 7.00. The normalized spacial score (nSPS) is 52.5. The van der Waals surface area contributed by atoms with E-state index >= 15 is 0 Å². The van der Waals surface area contributed by atoms with Crippen molar-refractivity contribution in [2.24, 2.45) is 17.8 Å². The molecule has 0 radical (unpaired) electrons. The number of aliphatic hydroxyl groups excluding tert-OH is 1. The third kappa shape index (κ3) is 1.41. The van der Waals surface area contributed by atoms with Crippen LogP contribution in [0.5, 0.6) is 0 Å². The molecule has 0 aromatic carbocycles. The topological polar surface area (TPSA) is 40.5 Å². The molecule has 17 heavy (non-hydrogen) atoms. The van der Waals surface area contributed by atoms with Crippen molar-refractivity contribution in [3.05, 3.63) is 0 Å². The molecule has 5 aliphatic rings. The molecule has 4 bridgehead atoms. The number of carbonyl (C=O) groups excluding carboxylic acids is 1. The van der Waals surface area contributed by atoms with Gasteiger partial charge in [0.15, 0.2) is 0 Å². The van der Waals surface area contributed by atoms with Crippen LogP contribution in [0, 0.1) is 17.8 Å². The molecule has 4 saturated carbocycles. The summed E-state index contributed by atoms with van der Waals surface area (Å²) in [5.41, 5.74) is 0.156. The fourth-order valence-electron chi connectivity index (χ4n) is 5.54. The second-order valence-electron chi connectivity index (χ2n) is 7.00. The molecule has 0 spiro atoms. The Bertz CT molecular complexity index is 330. The van der Waals surface area contributed by atoms with E-state index in [1.54, 1.807) is 0 Å². The van der Waals surface area contributed by atoms with Gasteiger partial charge in [-0.15, -0.1) is 0 Å². The lowest BCUT2D eigenvalue weighted by Crippen LogP contribution is -2.60. The van der Waals surface area contributed by atoms with Gasteiger partial charge in [-0.25, -0.2) is 0 Å². The molecule has 1 heterocycles. The van der Waals surface area contributed by atoms with Crippen molar-refractivity contribution in [2.45, 2.75) is 56.6 Å². The van der Waals surface area contributed by atoms with E-state index in [0.717, 1.165) is 17.8 Å². The third-order valence-corrected chi connectivity index (χ3v) is 5.68. The van der Waals surface area contributed by atoms with Gasteiger partial charge in [-0.3, -0.25) is 4.79 Å². The predicted octanol–water partition coefficient (Wildman–Crippen LogP) is 1.55. The number of hydrogen-bond acceptors (Lipinski definition) is 2. The number of carbonyl (C=O) groups is 1. The maximum atomic E-state index is 12.1. The number of aliphatic hydroxyl groups is 1. The number of amides is 1. The van der Waals surface area contributed by atoms with Gasteiger partial charge in [-0.1, -0.05) is 0 Å². The lowest BCUT2D eigenvalue weighted by molar-refractivity contribution is -0.145. The van der Waals surface area contributed by atoms with Gasteiger partial charge in [-0.2, -0.15) is 0 Å². The first-order chi connectivity index (χ1) is 8.14. The quantitative estimate of drug-likeness (QED) is 0.749. The van der Waals surface area contributed by atoms with Crippen molar-refractivity contribution in [3.63, 3.8) is 0 Å². The fourth-order valence-corrected chi connectivity index (χ4v) is 5.54. The molecule has 1 unspecified atom stereocenters. The van der Waals surface area contributed by atoms with E-state index in [4.69, 9.17) is 0 Å². The van der Waals surface area contributed by atoms with E-state index in [9.17, 15) is 9.90 Å². The molecule has 0 aromatic heterocycles. The summed E-state index contributed by atoms with van der Waals surface area (Å²) in [7, 11) is 0. The maximum Gasteiger partial charge on any atom is 0.225 e. The van der Waals surface area contributed by atoms with Crippen molar-refractivity contribution >= 4 is 5.91 Å². The Balaban J connectivity index is 1.66. The zero-order valence-electron chi connectivity index (χ0n) is 10.3. The molecule has 0 aromatic rings. The minimum atomic E-state index is -0.407. The largest absolute Gasteiger partial charge is 0.391 e. The number of likely N-dealkylation sites (tertiary alicyclic amines) is 1. The zero-order valence-corrected chi connectivity index (χ0v) is 10.3. The summed E-state index contributed by atoms with van der Waals surface area (Å²) in [6.45, 7) is 0.602. The summed E-state index contributed by atoms with van der Waals surface area (Å²) in [4.78, 5) is 14.1. The van der Waals surface area contributed by atoms with Crippen molar-refractivity contribution in [1.29, 1.82) is 0 Å². The summed E-state index contributed by atoms with van der Waals surface area (Å²) in [6.07, 6.45) is 7.83. The third-order valence-electron chi connectivity index (χ3n) is 5.68. The molecule has 1 N–H and O–H groups in total. The SMILES string of the molecule is O=C1CC(O)CN1C12CC3CC(CC(C3)C1)C2. The lowest BCUT2D eigenvalue weighted by atomic mass is 9.52. The molecule has 1 saturated heterocycles. The van der Waals surface area contributed by atoms with Crippen LogP contribution in [0.3, 0.4) is 0 Å². The highest BCUT2D eigenvalue weighted by Crippen LogP contribution is 2.58. The van der Waals surface area contributed by atoms with Crippen LogP contribution in [-0.2, 0) is 4.79 Å². The standard InChI is InChI=1S/C14H21NO2/c16-12-4-13(17)15(8-12)14-5-9-1-10(6-14)3-11(2-9)7-14/h9-12,16H,1-8H2. The summed E-state index contributed by atoms with van der Waals surface area (Å²) < 4.78 is 0. The molecule has 1 amide bonds. The van der Waals surface area contributed by atoms with Crippen LogP contribution in [-0.4, -0.2) is 34.1 Å². The molecule has 1 atom stereocenters. The van der Waals surface area contributed by atoms with Crippen molar-refractivity contribution in [3.8, 4) is 0 Å². The van der Waals surface area contributed by atoms with E-state index in [0.29, 0.717) is 13.0 Å². The molecule has 94 valence electrons. The minimum absolute atomic E-state index is 0.156. The van der Waals surface area contributed by atoms with E-state index in [2.05, 4.69) is 4.90 Å². The molecular weight excluding hydrogens is 214 g/mol. The van der Waals surface area contributed by atoms with Crippen LogP contribution in [0.1, 0.15) is 44.9 Å². The number of β-amino-alcohol motifs (C(OH)–C–C–N with tert-alkyl or cyclic N) is 1. The van der Waals surface area contributed by atoms with Crippen molar-refractivity contribution in [2.75, 3.05) is 6.54 Å². The summed E-state index contributed by atoms with van der Waals surface area (Å²) in [5.74, 6) is 2.81. The van der Waals surface area contributed by atoms with Gasteiger partial charge < -0.3 is 10.0 Å². The molecule has 4 aliphatic carbocycles. The van der Waals surface area contributed by atoms with Gasteiger partial charge in [0, 0.05) is 12.1 Å². The highest BCUT2D eigenvalue weighted by Gasteiger charge is 2.55. The Morgan fingerprint density at radius 2 is 1.59 bits per heavy atom. The highest BCUT2D eigenvalue weighted by molar-refractivity contribution is 5.80. The summed E-state index contributed by atoms with van der Waals surface area (Å²) in [5, 5.41) is 9.71. The number of rotatable bonds is 1. The summed E-state index contributed by atoms with van der Waals surface area (Å²) in [6, 6.07) is 0. The maximum absolute atomic E-state index is 12.1. The molecule has 1 aliphatic heterocycles.